The van der Waals surface area contributed by atoms with Gasteiger partial charge in [-0.15, -0.1) is 0 Å². The average molecular weight is 777 g/mol. The quantitative estimate of drug-likeness (QED) is 0.0838. The first-order valence-electron chi connectivity index (χ1n) is 21.8. The molecular formula is C53H76O4. The molecule has 312 valence electrons. The van der Waals surface area contributed by atoms with Gasteiger partial charge in [0.2, 0.25) is 0 Å². The molecule has 4 nitrogen and oxygen atoms in total. The lowest BCUT2D eigenvalue weighted by Gasteiger charge is -2.26. The van der Waals surface area contributed by atoms with Crippen LogP contribution in [0, 0.1) is 0 Å². The van der Waals surface area contributed by atoms with Crippen LogP contribution in [0.2, 0.25) is 0 Å². The van der Waals surface area contributed by atoms with Gasteiger partial charge in [0.25, 0.3) is 0 Å². The summed E-state index contributed by atoms with van der Waals surface area (Å²) in [5.74, 6) is 3.74. The molecule has 0 heterocycles. The Morgan fingerprint density at radius 1 is 0.298 bits per heavy atom. The van der Waals surface area contributed by atoms with Gasteiger partial charge in [0.05, 0.1) is 13.2 Å². The molecule has 0 bridgehead atoms. The summed E-state index contributed by atoms with van der Waals surface area (Å²) in [5, 5.41) is 0. The molecule has 0 atom stereocenters. The zero-order valence-electron chi connectivity index (χ0n) is 37.9. The summed E-state index contributed by atoms with van der Waals surface area (Å²) in [5.41, 5.74) is 7.80. The summed E-state index contributed by atoms with van der Waals surface area (Å²) in [6, 6.07) is 30.2. The van der Waals surface area contributed by atoms with E-state index in [1.807, 2.05) is 0 Å². The van der Waals surface area contributed by atoms with Gasteiger partial charge in [-0.3, -0.25) is 0 Å². The zero-order chi connectivity index (χ0) is 41.7. The highest BCUT2D eigenvalue weighted by Crippen LogP contribution is 2.35. The normalized spacial score (nSPS) is 12.4. The van der Waals surface area contributed by atoms with Crippen molar-refractivity contribution < 1.29 is 18.9 Å². The molecule has 0 saturated carbocycles. The molecule has 0 aliphatic carbocycles. The van der Waals surface area contributed by atoms with Gasteiger partial charge in [-0.2, -0.15) is 0 Å². The lowest BCUT2D eigenvalue weighted by atomic mass is 9.80. The van der Waals surface area contributed by atoms with Gasteiger partial charge in [0, 0.05) is 0 Å². The fourth-order valence-corrected chi connectivity index (χ4v) is 6.62. The first kappa shape index (κ1) is 45.8. The van der Waals surface area contributed by atoms with Gasteiger partial charge in [-0.1, -0.05) is 164 Å². The molecule has 4 aromatic rings. The minimum atomic E-state index is 0.0707. The number of hydrogen-bond acceptors (Lipinski definition) is 4. The van der Waals surface area contributed by atoms with Crippen LogP contribution < -0.4 is 18.9 Å². The molecule has 0 saturated heterocycles. The first-order chi connectivity index (χ1) is 26.8. The van der Waals surface area contributed by atoms with E-state index in [0.29, 0.717) is 13.2 Å². The van der Waals surface area contributed by atoms with Crippen molar-refractivity contribution in [3.63, 3.8) is 0 Å². The van der Waals surface area contributed by atoms with Gasteiger partial charge in [-0.05, 0) is 116 Å². The average Bonchev–Trinajstić information content (AvgIpc) is 3.14. The second-order valence-electron chi connectivity index (χ2n) is 20.2. The summed E-state index contributed by atoms with van der Waals surface area (Å²) in [7, 11) is 0. The van der Waals surface area contributed by atoms with E-state index < -0.39 is 0 Å². The monoisotopic (exact) mass is 777 g/mol. The molecular weight excluding hydrogens is 701 g/mol. The zero-order valence-corrected chi connectivity index (χ0v) is 37.9. The number of rotatable bonds is 20. The van der Waals surface area contributed by atoms with E-state index in [-0.39, 0.29) is 21.7 Å². The number of unbranched alkanes of at least 4 members (excludes halogenated alkanes) is 8. The third kappa shape index (κ3) is 16.1. The van der Waals surface area contributed by atoms with Crippen LogP contribution >= 0.6 is 0 Å². The highest BCUT2D eigenvalue weighted by atomic mass is 16.5. The highest BCUT2D eigenvalue weighted by molar-refractivity contribution is 5.42. The summed E-state index contributed by atoms with van der Waals surface area (Å²) < 4.78 is 24.7. The van der Waals surface area contributed by atoms with Crippen molar-refractivity contribution in [1.29, 1.82) is 0 Å². The molecule has 0 aliphatic rings. The van der Waals surface area contributed by atoms with Crippen LogP contribution in [0.15, 0.2) is 84.9 Å². The molecule has 57 heavy (non-hydrogen) atoms. The Bertz CT molecular complexity index is 1580. The summed E-state index contributed by atoms with van der Waals surface area (Å²) >= 11 is 0. The molecule has 0 N–H and O–H groups in total. The summed E-state index contributed by atoms with van der Waals surface area (Å²) in [6.45, 7) is 29.7. The van der Waals surface area contributed by atoms with Crippen molar-refractivity contribution in [2.45, 2.75) is 176 Å². The van der Waals surface area contributed by atoms with Crippen LogP contribution in [0.4, 0.5) is 0 Å². The Hall–Kier alpha value is -3.92. The summed E-state index contributed by atoms with van der Waals surface area (Å²) in [4.78, 5) is 0. The molecule has 0 amide bonds. The van der Waals surface area contributed by atoms with Crippen molar-refractivity contribution in [2.75, 3.05) is 13.2 Å². The van der Waals surface area contributed by atoms with Gasteiger partial charge in [0.1, 0.15) is 36.2 Å². The fourth-order valence-electron chi connectivity index (χ4n) is 6.62. The van der Waals surface area contributed by atoms with Crippen LogP contribution in [-0.4, -0.2) is 13.2 Å². The van der Waals surface area contributed by atoms with Crippen molar-refractivity contribution in [3.05, 3.63) is 118 Å². The third-order valence-electron chi connectivity index (χ3n) is 10.8. The molecule has 4 rings (SSSR count). The van der Waals surface area contributed by atoms with Crippen LogP contribution in [-0.2, 0) is 34.9 Å². The van der Waals surface area contributed by atoms with E-state index in [1.54, 1.807) is 0 Å². The van der Waals surface area contributed by atoms with Crippen molar-refractivity contribution in [3.8, 4) is 23.0 Å². The Morgan fingerprint density at radius 2 is 0.561 bits per heavy atom. The predicted octanol–water partition coefficient (Wildman–Crippen LogP) is 15.0. The Morgan fingerprint density at radius 3 is 0.825 bits per heavy atom. The Kier molecular flexibility index (Phi) is 16.6. The van der Waals surface area contributed by atoms with E-state index in [1.165, 1.54) is 67.2 Å². The van der Waals surface area contributed by atoms with Gasteiger partial charge in [-0.25, -0.2) is 0 Å². The van der Waals surface area contributed by atoms with Gasteiger partial charge < -0.3 is 18.9 Å². The SMILES string of the molecule is CC(C)(C)c1cc(OCc2ccc(OCCCCCCCCCCCOc3ccc(COc4cc(C(C)(C)C)cc(C(C)(C)C)c4)cc3)cc2)cc(C(C)(C)C)c1. The van der Waals surface area contributed by atoms with E-state index in [9.17, 15) is 0 Å². The van der Waals surface area contributed by atoms with Gasteiger partial charge in [0.15, 0.2) is 0 Å². The molecule has 0 aliphatic heterocycles. The van der Waals surface area contributed by atoms with Crippen LogP contribution in [0.1, 0.15) is 174 Å². The second kappa shape index (κ2) is 20.7. The maximum Gasteiger partial charge on any atom is 0.120 e. The lowest BCUT2D eigenvalue weighted by molar-refractivity contribution is 0.298. The molecule has 0 radical (unpaired) electrons. The predicted molar refractivity (Wildman–Crippen MR) is 242 cm³/mol. The smallest absolute Gasteiger partial charge is 0.120 e. The topological polar surface area (TPSA) is 36.9 Å². The Labute approximate surface area is 348 Å². The lowest BCUT2D eigenvalue weighted by Crippen LogP contribution is -2.16. The van der Waals surface area contributed by atoms with E-state index in [2.05, 4.69) is 168 Å². The van der Waals surface area contributed by atoms with Crippen molar-refractivity contribution >= 4 is 0 Å². The Balaban J connectivity index is 1.02. The van der Waals surface area contributed by atoms with Crippen molar-refractivity contribution in [2.24, 2.45) is 0 Å². The van der Waals surface area contributed by atoms with E-state index >= 15 is 0 Å². The second-order valence-corrected chi connectivity index (χ2v) is 20.2. The number of benzene rings is 4. The molecule has 4 heteroatoms. The van der Waals surface area contributed by atoms with Crippen LogP contribution in [0.5, 0.6) is 23.0 Å². The molecule has 0 fully saturated rings. The maximum absolute atomic E-state index is 6.28. The summed E-state index contributed by atoms with van der Waals surface area (Å²) in [6.07, 6.45) is 11.1. The standard InChI is InChI=1S/C53H76O4/c1-50(2,3)42-32-43(51(4,5)6)35-48(34-42)56-38-40-22-26-46(27-23-40)54-30-20-18-16-14-13-15-17-19-21-31-55-47-28-24-41(25-29-47)39-57-49-36-44(52(7,8)9)33-45(37-49)53(10,11)12/h22-29,32-37H,13-21,30-31,38-39H2,1-12H3. The largest absolute Gasteiger partial charge is 0.494 e. The minimum absolute atomic E-state index is 0.0707. The molecule has 0 aromatic heterocycles. The van der Waals surface area contributed by atoms with E-state index in [4.69, 9.17) is 18.9 Å². The maximum atomic E-state index is 6.28. The van der Waals surface area contributed by atoms with E-state index in [0.717, 1.165) is 60.2 Å². The molecule has 4 aromatic carbocycles. The molecule has 0 unspecified atom stereocenters. The highest BCUT2D eigenvalue weighted by Gasteiger charge is 2.22. The third-order valence-corrected chi connectivity index (χ3v) is 10.8. The fraction of sp³-hybridized carbons (Fsp3) is 0.547. The molecule has 0 spiro atoms. The number of ether oxygens (including phenoxy) is 4. The van der Waals surface area contributed by atoms with Crippen molar-refractivity contribution in [1.82, 2.24) is 0 Å². The van der Waals surface area contributed by atoms with Gasteiger partial charge >= 0.3 is 0 Å². The number of hydrogen-bond donors (Lipinski definition) is 0. The minimum Gasteiger partial charge on any atom is -0.494 e. The van der Waals surface area contributed by atoms with Crippen LogP contribution in [0.3, 0.4) is 0 Å². The van der Waals surface area contributed by atoms with Crippen LogP contribution in [0.25, 0.3) is 0 Å². The first-order valence-corrected chi connectivity index (χ1v) is 21.8.